The van der Waals surface area contributed by atoms with Gasteiger partial charge in [-0.15, -0.1) is 11.3 Å². The summed E-state index contributed by atoms with van der Waals surface area (Å²) in [7, 11) is 1.77. The Hall–Kier alpha value is -2.98. The number of ether oxygens (including phenoxy) is 2. The molecule has 3 aliphatic rings. The number of nitrogens with one attached hydrogen (secondary N) is 2. The maximum atomic E-state index is 13.3. The van der Waals surface area contributed by atoms with Crippen LogP contribution in [0.5, 0.6) is 5.75 Å². The van der Waals surface area contributed by atoms with Crippen LogP contribution in [0.3, 0.4) is 0 Å². The van der Waals surface area contributed by atoms with Crippen LogP contribution < -0.4 is 15.4 Å². The SMILES string of the molecule is CN1C(=O)c2cc(NC(=O)c3cncs3)ccc2OC[C@H]2O[C@@H](CC(=O)NCC3CC3)CC[C@@H]21. The number of carbonyl (C=O) groups excluding carboxylic acids is 3. The third kappa shape index (κ3) is 5.07. The van der Waals surface area contributed by atoms with E-state index in [1.165, 1.54) is 30.4 Å². The number of anilines is 1. The third-order valence-electron chi connectivity index (χ3n) is 6.62. The van der Waals surface area contributed by atoms with Gasteiger partial charge in [-0.05, 0) is 49.8 Å². The minimum atomic E-state index is -0.317. The monoisotopic (exact) mass is 484 g/mol. The average Bonchev–Trinajstić information content (AvgIpc) is 3.50. The number of amides is 3. The first kappa shape index (κ1) is 22.8. The number of carbonyl (C=O) groups is 3. The van der Waals surface area contributed by atoms with Crippen molar-refractivity contribution in [1.29, 1.82) is 0 Å². The smallest absolute Gasteiger partial charge is 0.267 e. The molecule has 1 aliphatic carbocycles. The lowest BCUT2D eigenvalue weighted by molar-refractivity contribution is -0.134. The van der Waals surface area contributed by atoms with Gasteiger partial charge in [-0.2, -0.15) is 0 Å². The van der Waals surface area contributed by atoms with Gasteiger partial charge in [0.1, 0.15) is 23.3 Å². The number of rotatable bonds is 6. The van der Waals surface area contributed by atoms with Crippen molar-refractivity contribution in [2.24, 2.45) is 5.92 Å². The van der Waals surface area contributed by atoms with Gasteiger partial charge in [0.05, 0.1) is 35.8 Å². The summed E-state index contributed by atoms with van der Waals surface area (Å²) >= 11 is 1.25. The lowest BCUT2D eigenvalue weighted by atomic mass is 9.94. The standard InChI is InChI=1S/C24H28N4O5S/c1-28-18-6-5-16(9-22(29)26-10-14-2-3-14)33-20(18)12-32-19-7-4-15(8-17(19)24(28)31)27-23(30)21-11-25-13-34-21/h4,7-8,11,13-14,16,18,20H,2-3,5-6,9-10,12H2,1H3,(H,26,29)(H,27,30)/t16-,18+,20-/m1/s1. The maximum Gasteiger partial charge on any atom is 0.267 e. The second kappa shape index (κ2) is 9.71. The van der Waals surface area contributed by atoms with Crippen molar-refractivity contribution in [3.63, 3.8) is 0 Å². The molecule has 0 radical (unpaired) electrons. The van der Waals surface area contributed by atoms with E-state index in [0.29, 0.717) is 40.6 Å². The molecule has 9 nitrogen and oxygen atoms in total. The zero-order valence-corrected chi connectivity index (χ0v) is 19.8. The highest BCUT2D eigenvalue weighted by molar-refractivity contribution is 7.11. The molecule has 2 aromatic rings. The molecule has 1 aromatic carbocycles. The maximum absolute atomic E-state index is 13.3. The van der Waals surface area contributed by atoms with Gasteiger partial charge in [0.2, 0.25) is 5.91 Å². The van der Waals surface area contributed by atoms with E-state index in [2.05, 4.69) is 15.6 Å². The molecule has 3 heterocycles. The summed E-state index contributed by atoms with van der Waals surface area (Å²) in [6.45, 7) is 1.03. The van der Waals surface area contributed by atoms with Crippen LogP contribution in [0.4, 0.5) is 5.69 Å². The molecule has 2 fully saturated rings. The first-order valence-corrected chi connectivity index (χ1v) is 12.5. The van der Waals surface area contributed by atoms with Crippen LogP contribution in [-0.4, -0.2) is 66.1 Å². The van der Waals surface area contributed by atoms with Crippen LogP contribution >= 0.6 is 11.3 Å². The molecule has 2 aliphatic heterocycles. The Kier molecular flexibility index (Phi) is 6.51. The van der Waals surface area contributed by atoms with E-state index in [-0.39, 0.29) is 42.6 Å². The Labute approximate surface area is 201 Å². The first-order chi connectivity index (χ1) is 16.5. The Bertz CT molecular complexity index is 1070. The van der Waals surface area contributed by atoms with Crippen molar-refractivity contribution < 1.29 is 23.9 Å². The Morgan fingerprint density at radius 2 is 2.09 bits per heavy atom. The predicted molar refractivity (Wildman–Crippen MR) is 126 cm³/mol. The molecule has 3 atom stereocenters. The van der Waals surface area contributed by atoms with Gasteiger partial charge in [-0.3, -0.25) is 19.4 Å². The van der Waals surface area contributed by atoms with E-state index in [4.69, 9.17) is 9.47 Å². The summed E-state index contributed by atoms with van der Waals surface area (Å²) < 4.78 is 12.2. The van der Waals surface area contributed by atoms with Gasteiger partial charge >= 0.3 is 0 Å². The predicted octanol–water partition coefficient (Wildman–Crippen LogP) is 2.69. The molecule has 0 spiro atoms. The number of nitrogens with zero attached hydrogens (tertiary/aromatic N) is 2. The highest BCUT2D eigenvalue weighted by atomic mass is 32.1. The number of benzene rings is 1. The fraction of sp³-hybridized carbons (Fsp3) is 0.500. The fourth-order valence-corrected chi connectivity index (χ4v) is 5.00. The second-order valence-electron chi connectivity index (χ2n) is 9.15. The molecule has 2 N–H and O–H groups in total. The second-order valence-corrected chi connectivity index (χ2v) is 10.0. The Balaban J connectivity index is 1.25. The molecule has 1 saturated heterocycles. The molecule has 1 aromatic heterocycles. The van der Waals surface area contributed by atoms with Gasteiger partial charge in [0.15, 0.2) is 0 Å². The highest BCUT2D eigenvalue weighted by Crippen LogP contribution is 2.33. The van der Waals surface area contributed by atoms with E-state index in [1.54, 1.807) is 35.7 Å². The van der Waals surface area contributed by atoms with E-state index in [9.17, 15) is 14.4 Å². The van der Waals surface area contributed by atoms with Crippen molar-refractivity contribution >= 4 is 34.7 Å². The number of hydrogen-bond donors (Lipinski definition) is 2. The minimum Gasteiger partial charge on any atom is -0.490 e. The quantitative estimate of drug-likeness (QED) is 0.653. The number of likely N-dealkylation sites (N-methyl/N-ethyl adjacent to an activating group) is 1. The van der Waals surface area contributed by atoms with Crippen molar-refractivity contribution in [3.8, 4) is 5.75 Å². The number of thiazole rings is 1. The zero-order valence-electron chi connectivity index (χ0n) is 19.0. The number of fused-ring (bicyclic) bond motifs is 2. The summed E-state index contributed by atoms with van der Waals surface area (Å²) in [6, 6.07) is 4.89. The average molecular weight is 485 g/mol. The molecule has 180 valence electrons. The van der Waals surface area contributed by atoms with E-state index >= 15 is 0 Å². The van der Waals surface area contributed by atoms with E-state index in [1.807, 2.05) is 0 Å². The van der Waals surface area contributed by atoms with Gasteiger partial charge in [0.25, 0.3) is 11.8 Å². The third-order valence-corrected chi connectivity index (χ3v) is 7.40. The molecular formula is C24H28N4O5S. The van der Waals surface area contributed by atoms with Crippen LogP contribution in [-0.2, 0) is 9.53 Å². The first-order valence-electron chi connectivity index (χ1n) is 11.6. The van der Waals surface area contributed by atoms with Crippen molar-refractivity contribution in [2.75, 3.05) is 25.5 Å². The number of hydrogen-bond acceptors (Lipinski definition) is 7. The van der Waals surface area contributed by atoms with Crippen LogP contribution in [0.15, 0.2) is 29.9 Å². The molecule has 0 unspecified atom stereocenters. The molecule has 10 heteroatoms. The van der Waals surface area contributed by atoms with Crippen LogP contribution in [0, 0.1) is 5.92 Å². The molecule has 1 saturated carbocycles. The van der Waals surface area contributed by atoms with Crippen LogP contribution in [0.1, 0.15) is 52.1 Å². The van der Waals surface area contributed by atoms with Crippen molar-refractivity contribution in [3.05, 3.63) is 40.3 Å². The topological polar surface area (TPSA) is 110 Å². The summed E-state index contributed by atoms with van der Waals surface area (Å²) in [5.41, 5.74) is 2.50. The van der Waals surface area contributed by atoms with Gasteiger partial charge < -0.3 is 25.0 Å². The van der Waals surface area contributed by atoms with E-state index < -0.39 is 0 Å². The molecule has 0 bridgehead atoms. The lowest BCUT2D eigenvalue weighted by Gasteiger charge is -2.42. The summed E-state index contributed by atoms with van der Waals surface area (Å²) in [5, 5.41) is 5.81. The fourth-order valence-electron chi connectivity index (χ4n) is 4.49. The summed E-state index contributed by atoms with van der Waals surface area (Å²) in [6.07, 6.45) is 5.15. The lowest BCUT2D eigenvalue weighted by Crippen LogP contribution is -2.54. The van der Waals surface area contributed by atoms with Crippen molar-refractivity contribution in [2.45, 2.75) is 50.4 Å². The molecule has 5 rings (SSSR count). The Morgan fingerprint density at radius 3 is 2.85 bits per heavy atom. The molecule has 3 amide bonds. The van der Waals surface area contributed by atoms with Crippen molar-refractivity contribution in [1.82, 2.24) is 15.2 Å². The van der Waals surface area contributed by atoms with Gasteiger partial charge in [0, 0.05) is 19.3 Å². The minimum absolute atomic E-state index is 0.0183. The van der Waals surface area contributed by atoms with Gasteiger partial charge in [-0.25, -0.2) is 0 Å². The van der Waals surface area contributed by atoms with Crippen LogP contribution in [0.25, 0.3) is 0 Å². The van der Waals surface area contributed by atoms with Crippen LogP contribution in [0.2, 0.25) is 0 Å². The number of aromatic nitrogens is 1. The Morgan fingerprint density at radius 1 is 1.24 bits per heavy atom. The van der Waals surface area contributed by atoms with E-state index in [0.717, 1.165) is 13.0 Å². The largest absolute Gasteiger partial charge is 0.490 e. The molecular weight excluding hydrogens is 456 g/mol. The zero-order chi connectivity index (χ0) is 23.7. The summed E-state index contributed by atoms with van der Waals surface area (Å²) in [4.78, 5) is 44.1. The van der Waals surface area contributed by atoms with Gasteiger partial charge in [-0.1, -0.05) is 0 Å². The summed E-state index contributed by atoms with van der Waals surface area (Å²) in [5.74, 6) is 0.635. The highest BCUT2D eigenvalue weighted by Gasteiger charge is 2.39. The normalized spacial score (nSPS) is 24.2. The molecule has 34 heavy (non-hydrogen) atoms.